The Morgan fingerprint density at radius 3 is 3.05 bits per heavy atom. The fourth-order valence-corrected chi connectivity index (χ4v) is 3.96. The van der Waals surface area contributed by atoms with Crippen LogP contribution in [0.25, 0.3) is 11.0 Å². The minimum atomic E-state index is -3.65. The van der Waals surface area contributed by atoms with Crippen molar-refractivity contribution in [3.8, 4) is 0 Å². The lowest BCUT2D eigenvalue weighted by molar-refractivity contribution is -0.127. The Morgan fingerprint density at radius 2 is 2.27 bits per heavy atom. The number of aromatic nitrogens is 2. The topological polar surface area (TPSA) is 95.2 Å². The molecule has 1 aromatic heterocycles. The zero-order chi connectivity index (χ0) is 15.7. The van der Waals surface area contributed by atoms with Crippen molar-refractivity contribution in [2.24, 2.45) is 0 Å². The molecule has 0 aliphatic carbocycles. The molecule has 0 radical (unpaired) electrons. The van der Waals surface area contributed by atoms with Gasteiger partial charge in [-0.1, -0.05) is 6.92 Å². The van der Waals surface area contributed by atoms with E-state index in [0.717, 1.165) is 6.42 Å². The Bertz CT molecular complexity index is 799. The molecule has 1 atom stereocenters. The van der Waals surface area contributed by atoms with Crippen LogP contribution >= 0.6 is 0 Å². The molecule has 2 heterocycles. The van der Waals surface area contributed by atoms with Gasteiger partial charge in [-0.3, -0.25) is 4.79 Å². The molecular weight excluding hydrogens is 304 g/mol. The molecule has 1 amide bonds. The molecule has 0 unspecified atom stereocenters. The van der Waals surface area contributed by atoms with Gasteiger partial charge in [-0.15, -0.1) is 0 Å². The van der Waals surface area contributed by atoms with Crippen molar-refractivity contribution in [3.05, 3.63) is 24.5 Å². The van der Waals surface area contributed by atoms with E-state index in [4.69, 9.17) is 0 Å². The van der Waals surface area contributed by atoms with Crippen LogP contribution in [-0.2, 0) is 14.8 Å². The van der Waals surface area contributed by atoms with Crippen LogP contribution in [0.15, 0.2) is 29.4 Å². The lowest BCUT2D eigenvalue weighted by Crippen LogP contribution is -2.37. The minimum Gasteiger partial charge on any atom is -0.345 e. The van der Waals surface area contributed by atoms with E-state index in [2.05, 4.69) is 14.7 Å². The molecule has 1 aliphatic rings. The summed E-state index contributed by atoms with van der Waals surface area (Å²) >= 11 is 0. The van der Waals surface area contributed by atoms with E-state index in [1.54, 1.807) is 17.0 Å². The summed E-state index contributed by atoms with van der Waals surface area (Å²) in [5, 5.41) is 0. The summed E-state index contributed by atoms with van der Waals surface area (Å²) in [6.07, 6.45) is 2.60. The zero-order valence-corrected chi connectivity index (χ0v) is 13.1. The maximum atomic E-state index is 12.4. The third-order valence-electron chi connectivity index (χ3n) is 3.73. The van der Waals surface area contributed by atoms with Crippen LogP contribution in [0.4, 0.5) is 0 Å². The standard InChI is InChI=1S/C14H18N4O3S/c1-2-5-18-8-10(6-14(18)19)17-22(20,21)11-3-4-12-13(7-11)16-9-15-12/h3-4,7,9-10,17H,2,5-6,8H2,1H3,(H,15,16)/t10-/m1/s1. The van der Waals surface area contributed by atoms with E-state index in [1.165, 1.54) is 12.4 Å². The monoisotopic (exact) mass is 322 g/mol. The third-order valence-corrected chi connectivity index (χ3v) is 5.25. The molecule has 1 aromatic carbocycles. The highest BCUT2D eigenvalue weighted by Crippen LogP contribution is 2.18. The lowest BCUT2D eigenvalue weighted by Gasteiger charge is -2.16. The van der Waals surface area contributed by atoms with Crippen molar-refractivity contribution in [3.63, 3.8) is 0 Å². The average Bonchev–Trinajstić information content (AvgIpc) is 3.05. The number of likely N-dealkylation sites (tertiary alicyclic amines) is 1. The first-order chi connectivity index (χ1) is 10.5. The summed E-state index contributed by atoms with van der Waals surface area (Å²) in [6.45, 7) is 3.08. The van der Waals surface area contributed by atoms with Gasteiger partial charge in [-0.25, -0.2) is 18.1 Å². The van der Waals surface area contributed by atoms with Crippen LogP contribution in [0.1, 0.15) is 19.8 Å². The van der Waals surface area contributed by atoms with Crippen molar-refractivity contribution < 1.29 is 13.2 Å². The van der Waals surface area contributed by atoms with Crippen molar-refractivity contribution >= 4 is 27.0 Å². The van der Waals surface area contributed by atoms with Crippen molar-refractivity contribution in [1.29, 1.82) is 0 Å². The number of amides is 1. The first kappa shape index (κ1) is 15.0. The number of carbonyl (C=O) groups is 1. The van der Waals surface area contributed by atoms with Gasteiger partial charge in [-0.05, 0) is 24.6 Å². The highest BCUT2D eigenvalue weighted by atomic mass is 32.2. The summed E-state index contributed by atoms with van der Waals surface area (Å²) in [6, 6.07) is 4.35. The molecular formula is C14H18N4O3S. The second-order valence-corrected chi connectivity index (χ2v) is 7.16. The van der Waals surface area contributed by atoms with Gasteiger partial charge >= 0.3 is 0 Å². The van der Waals surface area contributed by atoms with Crippen LogP contribution in [0.5, 0.6) is 0 Å². The van der Waals surface area contributed by atoms with Gasteiger partial charge in [0.15, 0.2) is 0 Å². The fraction of sp³-hybridized carbons (Fsp3) is 0.429. The Kier molecular flexibility index (Phi) is 3.88. The number of sulfonamides is 1. The summed E-state index contributed by atoms with van der Waals surface area (Å²) in [5.41, 5.74) is 1.38. The predicted octanol–water partition coefficient (Wildman–Crippen LogP) is 0.852. The first-order valence-corrected chi connectivity index (χ1v) is 8.71. The molecule has 8 heteroatoms. The Morgan fingerprint density at radius 1 is 1.45 bits per heavy atom. The van der Waals surface area contributed by atoms with Gasteiger partial charge in [0.2, 0.25) is 15.9 Å². The molecule has 0 spiro atoms. The summed E-state index contributed by atoms with van der Waals surface area (Å²) < 4.78 is 27.5. The molecule has 1 saturated heterocycles. The Hall–Kier alpha value is -1.93. The second-order valence-electron chi connectivity index (χ2n) is 5.44. The number of H-pyrrole nitrogens is 1. The highest BCUT2D eigenvalue weighted by molar-refractivity contribution is 7.89. The van der Waals surface area contributed by atoms with Gasteiger partial charge in [-0.2, -0.15) is 0 Å². The number of carbonyl (C=O) groups excluding carboxylic acids is 1. The van der Waals surface area contributed by atoms with E-state index in [1.807, 2.05) is 6.92 Å². The van der Waals surface area contributed by atoms with Gasteiger partial charge in [0.05, 0.1) is 22.3 Å². The molecule has 7 nitrogen and oxygen atoms in total. The fourth-order valence-electron chi connectivity index (χ4n) is 2.71. The third kappa shape index (κ3) is 2.84. The smallest absolute Gasteiger partial charge is 0.240 e. The number of imidazole rings is 1. The van der Waals surface area contributed by atoms with E-state index in [0.29, 0.717) is 24.1 Å². The van der Waals surface area contributed by atoms with Crippen LogP contribution in [0, 0.1) is 0 Å². The number of hydrogen-bond acceptors (Lipinski definition) is 4. The van der Waals surface area contributed by atoms with Crippen molar-refractivity contribution in [2.45, 2.75) is 30.7 Å². The molecule has 1 fully saturated rings. The molecule has 1 aliphatic heterocycles. The maximum absolute atomic E-state index is 12.4. The van der Waals surface area contributed by atoms with Crippen LogP contribution in [-0.4, -0.2) is 48.3 Å². The summed E-state index contributed by atoms with van der Waals surface area (Å²) in [7, 11) is -3.65. The SMILES string of the molecule is CCCN1C[C@H](NS(=O)(=O)c2ccc3nc[nH]c3c2)CC1=O. The first-order valence-electron chi connectivity index (χ1n) is 7.23. The molecule has 0 saturated carbocycles. The minimum absolute atomic E-state index is 0.00132. The molecule has 0 bridgehead atoms. The molecule has 2 aromatic rings. The number of rotatable bonds is 5. The molecule has 118 valence electrons. The van der Waals surface area contributed by atoms with E-state index in [9.17, 15) is 13.2 Å². The van der Waals surface area contributed by atoms with Gasteiger partial charge < -0.3 is 9.88 Å². The van der Waals surface area contributed by atoms with E-state index >= 15 is 0 Å². The normalized spacial score (nSPS) is 19.2. The average molecular weight is 322 g/mol. The quantitative estimate of drug-likeness (QED) is 0.853. The Balaban J connectivity index is 1.77. The maximum Gasteiger partial charge on any atom is 0.240 e. The number of benzene rings is 1. The predicted molar refractivity (Wildman–Crippen MR) is 81.7 cm³/mol. The van der Waals surface area contributed by atoms with Crippen LogP contribution in [0.3, 0.4) is 0 Å². The zero-order valence-electron chi connectivity index (χ0n) is 12.2. The number of aromatic amines is 1. The Labute approximate surface area is 128 Å². The van der Waals surface area contributed by atoms with E-state index in [-0.39, 0.29) is 23.3 Å². The summed E-state index contributed by atoms with van der Waals surface area (Å²) in [5.74, 6) is -0.00132. The number of hydrogen-bond donors (Lipinski definition) is 2. The molecule has 2 N–H and O–H groups in total. The van der Waals surface area contributed by atoms with E-state index < -0.39 is 10.0 Å². The van der Waals surface area contributed by atoms with Crippen LogP contribution in [0.2, 0.25) is 0 Å². The lowest BCUT2D eigenvalue weighted by atomic mass is 10.3. The number of nitrogens with one attached hydrogen (secondary N) is 2. The number of fused-ring (bicyclic) bond motifs is 1. The van der Waals surface area contributed by atoms with Crippen molar-refractivity contribution in [2.75, 3.05) is 13.1 Å². The van der Waals surface area contributed by atoms with Gasteiger partial charge in [0, 0.05) is 25.6 Å². The van der Waals surface area contributed by atoms with Gasteiger partial charge in [0.1, 0.15) is 0 Å². The van der Waals surface area contributed by atoms with Gasteiger partial charge in [0.25, 0.3) is 0 Å². The number of nitrogens with zero attached hydrogens (tertiary/aromatic N) is 2. The second kappa shape index (κ2) is 5.69. The molecule has 3 rings (SSSR count). The largest absolute Gasteiger partial charge is 0.345 e. The van der Waals surface area contributed by atoms with Crippen molar-refractivity contribution in [1.82, 2.24) is 19.6 Å². The molecule has 22 heavy (non-hydrogen) atoms. The van der Waals surface area contributed by atoms with Crippen LogP contribution < -0.4 is 4.72 Å². The highest BCUT2D eigenvalue weighted by Gasteiger charge is 2.32. The summed E-state index contributed by atoms with van der Waals surface area (Å²) in [4.78, 5) is 20.6.